The molecule has 0 spiro atoms. The van der Waals surface area contributed by atoms with Gasteiger partial charge in [0.05, 0.1) is 31.0 Å². The molecular weight excluding hydrogens is 447 g/mol. The Balaban J connectivity index is 0.000000383. The molecule has 1 amide bonds. The number of amides is 1. The predicted molar refractivity (Wildman–Crippen MR) is 108 cm³/mol. The first-order chi connectivity index (χ1) is 15.6. The van der Waals surface area contributed by atoms with Crippen LogP contribution in [0.1, 0.15) is 16.1 Å². The fourth-order valence-electron chi connectivity index (χ4n) is 2.97. The number of nitrogens with one attached hydrogen (secondary N) is 2. The minimum absolute atomic E-state index is 0.0479. The molecule has 1 aliphatic heterocycles. The van der Waals surface area contributed by atoms with Crippen LogP contribution in [0.3, 0.4) is 0 Å². The number of ether oxygens (including phenoxy) is 2. The molecular formula is C20H18F3N5O5. The summed E-state index contributed by atoms with van der Waals surface area (Å²) in [5, 5.41) is 9.97. The molecule has 3 aromatic rings. The molecule has 0 aliphatic carbocycles. The Morgan fingerprint density at radius 2 is 1.88 bits per heavy atom. The highest BCUT2D eigenvalue weighted by Crippen LogP contribution is 2.31. The van der Waals surface area contributed by atoms with Gasteiger partial charge in [-0.1, -0.05) is 0 Å². The zero-order valence-corrected chi connectivity index (χ0v) is 17.4. The number of hydrogen-bond acceptors (Lipinski definition) is 7. The van der Waals surface area contributed by atoms with Crippen LogP contribution in [0.2, 0.25) is 0 Å². The van der Waals surface area contributed by atoms with Crippen molar-refractivity contribution in [2.75, 3.05) is 20.8 Å². The molecule has 10 nitrogen and oxygen atoms in total. The third-order valence-electron chi connectivity index (χ3n) is 4.50. The lowest BCUT2D eigenvalue weighted by Crippen LogP contribution is -2.31. The van der Waals surface area contributed by atoms with Gasteiger partial charge in [-0.3, -0.25) is 9.78 Å². The number of pyridine rings is 1. The summed E-state index contributed by atoms with van der Waals surface area (Å²) in [5.74, 6) is -2.42. The number of aromatic amines is 1. The van der Waals surface area contributed by atoms with Crippen molar-refractivity contribution in [3.05, 3.63) is 41.9 Å². The third kappa shape index (κ3) is 5.37. The predicted octanol–water partition coefficient (Wildman–Crippen LogP) is 2.47. The molecule has 1 aliphatic rings. The number of carboxylic acids is 1. The number of carbonyl (C=O) groups excluding carboxylic acids is 1. The van der Waals surface area contributed by atoms with Crippen LogP contribution in [0.15, 0.2) is 30.6 Å². The lowest BCUT2D eigenvalue weighted by Gasteiger charge is -2.11. The Morgan fingerprint density at radius 1 is 1.15 bits per heavy atom. The maximum Gasteiger partial charge on any atom is 0.490 e. The lowest BCUT2D eigenvalue weighted by atomic mass is 10.1. The van der Waals surface area contributed by atoms with Crippen molar-refractivity contribution >= 4 is 11.9 Å². The molecule has 4 rings (SSSR count). The highest BCUT2D eigenvalue weighted by Gasteiger charge is 2.38. The molecule has 4 heterocycles. The lowest BCUT2D eigenvalue weighted by molar-refractivity contribution is -0.192. The van der Waals surface area contributed by atoms with E-state index >= 15 is 0 Å². The third-order valence-corrected chi connectivity index (χ3v) is 4.50. The number of rotatable bonds is 4. The van der Waals surface area contributed by atoms with Gasteiger partial charge in [-0.25, -0.2) is 9.78 Å². The quantitative estimate of drug-likeness (QED) is 0.534. The van der Waals surface area contributed by atoms with Gasteiger partial charge >= 0.3 is 18.2 Å². The van der Waals surface area contributed by atoms with Crippen LogP contribution in [0.25, 0.3) is 22.5 Å². The number of alkyl halides is 3. The van der Waals surface area contributed by atoms with E-state index < -0.39 is 12.1 Å². The van der Waals surface area contributed by atoms with E-state index in [0.717, 1.165) is 23.4 Å². The van der Waals surface area contributed by atoms with Gasteiger partial charge in [-0.2, -0.15) is 18.2 Å². The summed E-state index contributed by atoms with van der Waals surface area (Å²) < 4.78 is 42.1. The summed E-state index contributed by atoms with van der Waals surface area (Å²) in [6.07, 6.45) is -0.975. The number of halogens is 3. The summed E-state index contributed by atoms with van der Waals surface area (Å²) in [7, 11) is 3.03. The van der Waals surface area contributed by atoms with Crippen LogP contribution >= 0.6 is 0 Å². The fourth-order valence-corrected chi connectivity index (χ4v) is 2.97. The molecule has 0 atom stereocenters. The Hall–Kier alpha value is -4.16. The van der Waals surface area contributed by atoms with E-state index in [4.69, 9.17) is 19.4 Å². The molecule has 0 radical (unpaired) electrons. The van der Waals surface area contributed by atoms with Gasteiger partial charge in [-0.15, -0.1) is 0 Å². The Bertz CT molecular complexity index is 1180. The molecule has 0 unspecified atom stereocenters. The van der Waals surface area contributed by atoms with E-state index in [2.05, 4.69) is 25.3 Å². The number of hydrogen-bond donors (Lipinski definition) is 3. The Labute approximate surface area is 184 Å². The largest absolute Gasteiger partial charge is 0.490 e. The van der Waals surface area contributed by atoms with E-state index in [0.29, 0.717) is 29.2 Å². The van der Waals surface area contributed by atoms with E-state index in [1.54, 1.807) is 12.4 Å². The Kier molecular flexibility index (Phi) is 6.80. The highest BCUT2D eigenvalue weighted by atomic mass is 19.4. The van der Waals surface area contributed by atoms with Gasteiger partial charge < -0.3 is 24.9 Å². The van der Waals surface area contributed by atoms with Crippen LogP contribution in [-0.2, 0) is 11.2 Å². The molecule has 3 aromatic heterocycles. The topological polar surface area (TPSA) is 139 Å². The first-order valence-corrected chi connectivity index (χ1v) is 9.36. The molecule has 33 heavy (non-hydrogen) atoms. The molecule has 174 valence electrons. The molecule has 0 fully saturated rings. The van der Waals surface area contributed by atoms with E-state index in [1.165, 1.54) is 14.2 Å². The number of fused-ring (bicyclic) bond motifs is 1. The van der Waals surface area contributed by atoms with Crippen LogP contribution in [0, 0.1) is 0 Å². The number of aliphatic carboxylic acids is 1. The Morgan fingerprint density at radius 3 is 2.48 bits per heavy atom. The first kappa shape index (κ1) is 23.5. The van der Waals surface area contributed by atoms with Crippen LogP contribution in [0.5, 0.6) is 11.9 Å². The number of carboxylic acid groups (broad SMARTS) is 1. The summed E-state index contributed by atoms with van der Waals surface area (Å²) in [6, 6.07) is 5.88. The van der Waals surface area contributed by atoms with Crippen LogP contribution in [0.4, 0.5) is 13.2 Å². The second-order valence-electron chi connectivity index (χ2n) is 6.59. The number of carbonyl (C=O) groups is 2. The zero-order valence-electron chi connectivity index (χ0n) is 17.4. The summed E-state index contributed by atoms with van der Waals surface area (Å²) in [6.45, 7) is 0.647. The second-order valence-corrected chi connectivity index (χ2v) is 6.59. The number of methoxy groups -OCH3 is 2. The summed E-state index contributed by atoms with van der Waals surface area (Å²) in [4.78, 5) is 36.9. The minimum atomic E-state index is -5.08. The summed E-state index contributed by atoms with van der Waals surface area (Å²) >= 11 is 0. The monoisotopic (exact) mass is 465 g/mol. The minimum Gasteiger partial charge on any atom is -0.480 e. The van der Waals surface area contributed by atoms with E-state index in [1.807, 2.05) is 18.2 Å². The normalized spacial score (nSPS) is 12.7. The average Bonchev–Trinajstić information content (AvgIpc) is 3.24. The maximum atomic E-state index is 12.0. The van der Waals surface area contributed by atoms with Gasteiger partial charge in [0.25, 0.3) is 5.91 Å². The van der Waals surface area contributed by atoms with Crippen molar-refractivity contribution in [1.29, 1.82) is 0 Å². The fraction of sp³-hybridized carbons (Fsp3) is 0.250. The zero-order chi connectivity index (χ0) is 24.2. The highest BCUT2D eigenvalue weighted by molar-refractivity contribution is 5.97. The number of H-pyrrole nitrogens is 1. The molecule has 0 bridgehead atoms. The van der Waals surface area contributed by atoms with Crippen molar-refractivity contribution in [2.24, 2.45) is 0 Å². The van der Waals surface area contributed by atoms with Gasteiger partial charge in [0.2, 0.25) is 5.88 Å². The van der Waals surface area contributed by atoms with Crippen molar-refractivity contribution in [1.82, 2.24) is 25.3 Å². The average molecular weight is 465 g/mol. The van der Waals surface area contributed by atoms with Crippen molar-refractivity contribution in [3.8, 4) is 34.4 Å². The maximum absolute atomic E-state index is 12.0. The van der Waals surface area contributed by atoms with Crippen LogP contribution in [-0.4, -0.2) is 63.9 Å². The van der Waals surface area contributed by atoms with Crippen LogP contribution < -0.4 is 14.8 Å². The van der Waals surface area contributed by atoms with Gasteiger partial charge in [0.15, 0.2) is 0 Å². The molecule has 13 heteroatoms. The van der Waals surface area contributed by atoms with Gasteiger partial charge in [0.1, 0.15) is 0 Å². The number of nitrogens with zero attached hydrogens (tertiary/aromatic N) is 3. The first-order valence-electron chi connectivity index (χ1n) is 9.36. The summed E-state index contributed by atoms with van der Waals surface area (Å²) in [5.41, 5.74) is 4.74. The van der Waals surface area contributed by atoms with Gasteiger partial charge in [-0.05, 0) is 18.2 Å². The number of aromatic nitrogens is 4. The standard InChI is InChI=1S/C18H17N5O3.C2HF3O2/c1-25-17-12(9-21-18(23-17)26-2)15-7-10(3-5-19-15)14-8-11-13(22-14)4-6-20-16(11)24;3-2(4,5)1(6)7/h3,5,7-9,22H,4,6H2,1-2H3,(H,20,24);(H,6,7). The SMILES string of the molecule is COc1ncc(-c2cc(-c3cc4c([nH]3)CCNC4=O)ccn2)c(OC)n1.O=C(O)C(F)(F)F. The molecule has 3 N–H and O–H groups in total. The van der Waals surface area contributed by atoms with E-state index in [-0.39, 0.29) is 11.9 Å². The molecule has 0 saturated carbocycles. The van der Waals surface area contributed by atoms with E-state index in [9.17, 15) is 18.0 Å². The molecule has 0 saturated heterocycles. The van der Waals surface area contributed by atoms with Crippen molar-refractivity contribution in [2.45, 2.75) is 12.6 Å². The smallest absolute Gasteiger partial charge is 0.480 e. The van der Waals surface area contributed by atoms with Crippen molar-refractivity contribution < 1.29 is 37.3 Å². The van der Waals surface area contributed by atoms with Crippen molar-refractivity contribution in [3.63, 3.8) is 0 Å². The second kappa shape index (κ2) is 9.54. The molecule has 0 aromatic carbocycles. The van der Waals surface area contributed by atoms with Gasteiger partial charge in [0, 0.05) is 42.3 Å².